The minimum absolute atomic E-state index is 0.777. The van der Waals surface area contributed by atoms with Gasteiger partial charge in [-0.25, -0.2) is 0 Å². The highest BCUT2D eigenvalue weighted by Gasteiger charge is 2.28. The number of methoxy groups -OCH3 is 8. The highest BCUT2D eigenvalue weighted by molar-refractivity contribution is 7.27. The second kappa shape index (κ2) is 25.1. The average molecular weight is 1310 g/mol. The van der Waals surface area contributed by atoms with Gasteiger partial charge >= 0.3 is 0 Å². The van der Waals surface area contributed by atoms with Gasteiger partial charge in [-0.3, -0.25) is 0 Å². The zero-order valence-electron chi connectivity index (χ0n) is 52.6. The van der Waals surface area contributed by atoms with Gasteiger partial charge in [0.25, 0.3) is 0 Å². The molecule has 0 N–H and O–H groups in total. The third-order valence-corrected chi connectivity index (χ3v) is 21.7. The number of nitrogens with zero attached hydrogens (tertiary/aromatic N) is 4. The van der Waals surface area contributed by atoms with E-state index < -0.39 is 0 Å². The van der Waals surface area contributed by atoms with E-state index in [1.54, 1.807) is 102 Å². The summed E-state index contributed by atoms with van der Waals surface area (Å²) >= 11 is 7.18. The second-order valence-electron chi connectivity index (χ2n) is 22.2. The molecule has 0 aliphatic rings. The van der Waals surface area contributed by atoms with Gasteiger partial charge in [-0.15, -0.1) is 45.3 Å². The fourth-order valence-electron chi connectivity index (χ4n) is 12.4. The van der Waals surface area contributed by atoms with Crippen LogP contribution in [0, 0.1) is 0 Å². The first-order chi connectivity index (χ1) is 46.2. The van der Waals surface area contributed by atoms with Crippen molar-refractivity contribution < 1.29 is 37.9 Å². The molecule has 0 atom stereocenters. The first kappa shape index (κ1) is 59.7. The van der Waals surface area contributed by atoms with Crippen molar-refractivity contribution in [1.82, 2.24) is 0 Å². The summed E-state index contributed by atoms with van der Waals surface area (Å²) in [5.74, 6) is 6.21. The summed E-state index contributed by atoms with van der Waals surface area (Å²) in [4.78, 5) is 9.34. The lowest BCUT2D eigenvalue weighted by atomic mass is 9.98. The quantitative estimate of drug-likeness (QED) is 0.0681. The summed E-state index contributed by atoms with van der Waals surface area (Å²) in [6.07, 6.45) is 0. The van der Waals surface area contributed by atoms with Crippen LogP contribution in [0.15, 0.2) is 231 Å². The summed E-state index contributed by atoms with van der Waals surface area (Å²) in [5.41, 5.74) is 7.89. The third kappa shape index (κ3) is 10.7. The Bertz CT molecular complexity index is 4380. The molecule has 0 bridgehead atoms. The second-order valence-corrected chi connectivity index (χ2v) is 26.3. The molecular weight excluding hydrogens is 1250 g/mol. The lowest BCUT2D eigenvalue weighted by Gasteiger charge is -2.24. The molecule has 0 radical (unpaired) electrons. The van der Waals surface area contributed by atoms with Gasteiger partial charge in [0.2, 0.25) is 0 Å². The fraction of sp³-hybridized carbons (Fsp3) is 0.103. The molecule has 0 aliphatic carbocycles. The number of hydrogen-bond acceptors (Lipinski definition) is 16. The van der Waals surface area contributed by atoms with E-state index in [4.69, 9.17) is 37.9 Å². The van der Waals surface area contributed by atoms with Gasteiger partial charge in [0, 0.05) is 107 Å². The molecule has 0 fully saturated rings. The Hall–Kier alpha value is -10.6. The maximum Gasteiger partial charge on any atom is 0.119 e. The van der Waals surface area contributed by atoms with Crippen LogP contribution in [-0.4, -0.2) is 56.9 Å². The van der Waals surface area contributed by atoms with E-state index in [0.717, 1.165) is 173 Å². The predicted octanol–water partition coefficient (Wildman–Crippen LogP) is 22.8. The molecule has 15 aromatic rings. The molecule has 4 heterocycles. The largest absolute Gasteiger partial charge is 0.497 e. The SMILES string of the molecule is COc1ccc(N(c2ccc(OC)cc2)c2cc3c4cc(N(c5ccc(OC)cc5)c5ccc(OC)cc5)sc4c4cc5c(cc4c3s2)c2sc(N(c3ccc(OC)cc3)c3ccc(OC)cc3)cc2c2cc(N(c3ccc(OC)cc3)c3ccc(OC)cc3)sc25)cc1. The van der Waals surface area contributed by atoms with E-state index in [-0.39, 0.29) is 0 Å². The Kier molecular flexibility index (Phi) is 15.9. The maximum atomic E-state index is 5.71. The van der Waals surface area contributed by atoms with Gasteiger partial charge in [0.05, 0.1) is 56.9 Å². The summed E-state index contributed by atoms with van der Waals surface area (Å²) in [6, 6.07) is 80.7. The minimum atomic E-state index is 0.777. The van der Waals surface area contributed by atoms with Crippen LogP contribution >= 0.6 is 45.3 Å². The molecular formula is C78H62N4O8S4. The predicted molar refractivity (Wildman–Crippen MR) is 394 cm³/mol. The van der Waals surface area contributed by atoms with Crippen LogP contribution in [0.2, 0.25) is 0 Å². The lowest BCUT2D eigenvalue weighted by Crippen LogP contribution is -2.08. The van der Waals surface area contributed by atoms with Crippen molar-refractivity contribution in [3.63, 3.8) is 0 Å². The Morgan fingerprint density at radius 3 is 0.436 bits per heavy atom. The molecule has 0 saturated heterocycles. The van der Waals surface area contributed by atoms with Gasteiger partial charge in [-0.2, -0.15) is 0 Å². The van der Waals surface area contributed by atoms with Crippen molar-refractivity contribution >= 4 is 173 Å². The van der Waals surface area contributed by atoms with Gasteiger partial charge < -0.3 is 57.5 Å². The smallest absolute Gasteiger partial charge is 0.119 e. The van der Waals surface area contributed by atoms with Gasteiger partial charge in [-0.1, -0.05) is 0 Å². The molecule has 11 aromatic carbocycles. The molecule has 12 nitrogen and oxygen atoms in total. The molecule has 94 heavy (non-hydrogen) atoms. The molecule has 0 spiro atoms. The number of hydrogen-bond donors (Lipinski definition) is 0. The minimum Gasteiger partial charge on any atom is -0.497 e. The van der Waals surface area contributed by atoms with Crippen LogP contribution in [0.25, 0.3) is 61.9 Å². The number of anilines is 12. The summed E-state index contributed by atoms with van der Waals surface area (Å²) in [7, 11) is 13.6. The number of benzene rings is 11. The van der Waals surface area contributed by atoms with E-state index in [2.05, 4.69) is 153 Å². The molecule has 0 saturated carbocycles. The summed E-state index contributed by atoms with van der Waals surface area (Å²) in [6.45, 7) is 0. The highest BCUT2D eigenvalue weighted by Crippen LogP contribution is 2.56. The average Bonchev–Trinajstić information content (AvgIpc) is 1.51. The monoisotopic (exact) mass is 1310 g/mol. The summed E-state index contributed by atoms with van der Waals surface area (Å²) in [5, 5.41) is 13.3. The first-order valence-electron chi connectivity index (χ1n) is 30.3. The molecule has 0 amide bonds. The van der Waals surface area contributed by atoms with Crippen LogP contribution in [0.4, 0.5) is 65.5 Å². The Morgan fingerprint density at radius 2 is 0.309 bits per heavy atom. The number of ether oxygens (including phenoxy) is 8. The molecule has 4 aromatic heterocycles. The van der Waals surface area contributed by atoms with Crippen molar-refractivity contribution in [3.05, 3.63) is 231 Å². The highest BCUT2D eigenvalue weighted by atomic mass is 32.1. The van der Waals surface area contributed by atoms with Crippen LogP contribution in [-0.2, 0) is 0 Å². The van der Waals surface area contributed by atoms with Crippen LogP contribution in [0.5, 0.6) is 46.0 Å². The summed E-state index contributed by atoms with van der Waals surface area (Å²) < 4.78 is 50.4. The molecule has 15 rings (SSSR count). The van der Waals surface area contributed by atoms with E-state index in [9.17, 15) is 0 Å². The Balaban J connectivity index is 1.05. The first-order valence-corrected chi connectivity index (χ1v) is 33.5. The van der Waals surface area contributed by atoms with Crippen molar-refractivity contribution in [1.29, 1.82) is 0 Å². The topological polar surface area (TPSA) is 86.8 Å². The standard InChI is InChI=1S/C78H62N4O8S4/c1-83-55-25-9-47(10-26-55)79(48-11-27-56(84-2)28-12-48)71-43-67-68-44-72(80(49-13-29-57(85-3)30-14-49)50-15-31-58(86-4)32-16-50)92-76(68)64-42-66-65(41-63(64)75(67)91-71)77-69(45-73(93-77)81(51-17-33-59(87-5)34-18-51)52-19-35-60(88-6)36-20-52)70-46-74(94-78(66)70)82(53-21-37-61(89-7)38-22-53)54-23-39-62(90-8)40-24-54/h9-46H,1-8H3. The zero-order chi connectivity index (χ0) is 64.1. The fourth-order valence-corrected chi connectivity index (χ4v) is 17.4. The van der Waals surface area contributed by atoms with Gasteiger partial charge in [-0.05, 0) is 231 Å². The number of fused-ring (bicyclic) bond motifs is 12. The normalized spacial score (nSPS) is 11.4. The zero-order valence-corrected chi connectivity index (χ0v) is 55.9. The van der Waals surface area contributed by atoms with Gasteiger partial charge in [0.15, 0.2) is 0 Å². The van der Waals surface area contributed by atoms with E-state index in [0.29, 0.717) is 0 Å². The maximum absolute atomic E-state index is 5.71. The number of thiophene rings is 4. The molecule has 0 aliphatic heterocycles. The van der Waals surface area contributed by atoms with Crippen molar-refractivity contribution in [2.24, 2.45) is 0 Å². The van der Waals surface area contributed by atoms with E-state index >= 15 is 0 Å². The van der Waals surface area contributed by atoms with Crippen LogP contribution < -0.4 is 57.5 Å². The molecule has 0 unspecified atom stereocenters. The van der Waals surface area contributed by atoms with Crippen LogP contribution in [0.1, 0.15) is 0 Å². The van der Waals surface area contributed by atoms with Crippen molar-refractivity contribution in [2.75, 3.05) is 76.5 Å². The Morgan fingerprint density at radius 1 is 0.181 bits per heavy atom. The number of rotatable bonds is 20. The van der Waals surface area contributed by atoms with Crippen molar-refractivity contribution in [3.8, 4) is 46.0 Å². The van der Waals surface area contributed by atoms with Crippen molar-refractivity contribution in [2.45, 2.75) is 0 Å². The van der Waals surface area contributed by atoms with E-state index in [1.165, 1.54) is 0 Å². The Labute approximate surface area is 559 Å². The molecule has 16 heteroatoms. The van der Waals surface area contributed by atoms with Crippen LogP contribution in [0.3, 0.4) is 0 Å². The third-order valence-electron chi connectivity index (χ3n) is 17.1. The van der Waals surface area contributed by atoms with E-state index in [1.807, 2.05) is 97.1 Å². The molecule has 466 valence electrons. The van der Waals surface area contributed by atoms with Gasteiger partial charge in [0.1, 0.15) is 66.0 Å². The lowest BCUT2D eigenvalue weighted by molar-refractivity contribution is 0.414.